The van der Waals surface area contributed by atoms with Crippen LogP contribution in [0.1, 0.15) is 32.6 Å². The molecule has 96 valence electrons. The number of rotatable bonds is 1. The molecule has 17 heavy (non-hydrogen) atoms. The van der Waals surface area contributed by atoms with Crippen LogP contribution < -0.4 is 5.32 Å². The molecule has 3 aliphatic heterocycles. The van der Waals surface area contributed by atoms with Gasteiger partial charge >= 0.3 is 0 Å². The first kappa shape index (κ1) is 11.5. The molecule has 0 spiro atoms. The van der Waals surface area contributed by atoms with Gasteiger partial charge in [-0.05, 0) is 25.7 Å². The zero-order valence-electron chi connectivity index (χ0n) is 10.7. The Morgan fingerprint density at radius 3 is 2.18 bits per heavy atom. The molecule has 0 aromatic rings. The third-order valence-electron chi connectivity index (χ3n) is 4.74. The summed E-state index contributed by atoms with van der Waals surface area (Å²) in [5.74, 6) is 0.288. The third-order valence-corrected chi connectivity index (χ3v) is 4.74. The fourth-order valence-electron chi connectivity index (χ4n) is 4.01. The summed E-state index contributed by atoms with van der Waals surface area (Å²) < 4.78 is 0. The molecule has 0 aromatic carbocycles. The molecule has 3 aliphatic rings. The van der Waals surface area contributed by atoms with E-state index >= 15 is 0 Å². The van der Waals surface area contributed by atoms with Crippen molar-refractivity contribution in [1.29, 1.82) is 0 Å². The Balaban J connectivity index is 1.66. The van der Waals surface area contributed by atoms with Gasteiger partial charge < -0.3 is 10.2 Å². The number of amides is 1. The van der Waals surface area contributed by atoms with Crippen LogP contribution in [0.15, 0.2) is 0 Å². The number of carbonyl (C=O) groups is 1. The molecule has 1 amide bonds. The molecule has 2 bridgehead atoms. The molecule has 0 radical (unpaired) electrons. The normalized spacial score (nSPS) is 38.4. The fraction of sp³-hybridized carbons (Fsp3) is 0.923. The first-order chi connectivity index (χ1) is 8.25. The van der Waals surface area contributed by atoms with Gasteiger partial charge in [-0.25, -0.2) is 0 Å². The predicted octanol–water partition coefficient (Wildman–Crippen LogP) is 0.434. The standard InChI is InChI=1S/C13H23N3O/c1-10(17)16-11-2-3-12(16)9-13(8-11)15-6-4-14-5-7-15/h11-14H,2-9H2,1H3. The Hall–Kier alpha value is -0.610. The van der Waals surface area contributed by atoms with Gasteiger partial charge in [0.25, 0.3) is 0 Å². The average Bonchev–Trinajstić information content (AvgIpc) is 2.62. The lowest BCUT2D eigenvalue weighted by Crippen LogP contribution is -2.55. The van der Waals surface area contributed by atoms with E-state index in [2.05, 4.69) is 15.1 Å². The molecule has 1 N–H and O–H groups in total. The Morgan fingerprint density at radius 1 is 1.06 bits per heavy atom. The molecule has 3 saturated heterocycles. The summed E-state index contributed by atoms with van der Waals surface area (Å²) >= 11 is 0. The van der Waals surface area contributed by atoms with Crippen LogP contribution in [0.3, 0.4) is 0 Å². The summed E-state index contributed by atoms with van der Waals surface area (Å²) in [7, 11) is 0. The van der Waals surface area contributed by atoms with E-state index in [-0.39, 0.29) is 5.91 Å². The predicted molar refractivity (Wildman–Crippen MR) is 66.8 cm³/mol. The van der Waals surface area contributed by atoms with Crippen LogP contribution in [0.2, 0.25) is 0 Å². The molecule has 3 heterocycles. The Morgan fingerprint density at radius 2 is 1.65 bits per heavy atom. The summed E-state index contributed by atoms with van der Waals surface area (Å²) in [6, 6.07) is 1.79. The monoisotopic (exact) mass is 237 g/mol. The van der Waals surface area contributed by atoms with Crippen LogP contribution in [0, 0.1) is 0 Å². The average molecular weight is 237 g/mol. The number of piperidine rings is 1. The van der Waals surface area contributed by atoms with Crippen molar-refractivity contribution in [2.24, 2.45) is 0 Å². The summed E-state index contributed by atoms with van der Waals surface area (Å²) in [5.41, 5.74) is 0. The van der Waals surface area contributed by atoms with E-state index in [4.69, 9.17) is 0 Å². The minimum absolute atomic E-state index is 0.288. The molecule has 0 saturated carbocycles. The number of hydrogen-bond acceptors (Lipinski definition) is 3. The molecule has 4 nitrogen and oxygen atoms in total. The molecular formula is C13H23N3O. The SMILES string of the molecule is CC(=O)N1C2CCC1CC(N1CCNCC1)C2. The number of carbonyl (C=O) groups excluding carboxylic acids is 1. The lowest BCUT2D eigenvalue weighted by atomic mass is 9.95. The molecule has 3 fully saturated rings. The maximum Gasteiger partial charge on any atom is 0.219 e. The van der Waals surface area contributed by atoms with E-state index in [0.717, 1.165) is 19.1 Å². The van der Waals surface area contributed by atoms with Gasteiger partial charge in [-0.1, -0.05) is 0 Å². The van der Waals surface area contributed by atoms with Gasteiger partial charge in [0.05, 0.1) is 0 Å². The topological polar surface area (TPSA) is 35.6 Å². The zero-order valence-corrected chi connectivity index (χ0v) is 10.7. The fourth-order valence-corrected chi connectivity index (χ4v) is 4.01. The van der Waals surface area contributed by atoms with Crippen molar-refractivity contribution in [3.8, 4) is 0 Å². The minimum atomic E-state index is 0.288. The highest BCUT2D eigenvalue weighted by Crippen LogP contribution is 2.37. The molecule has 4 heteroatoms. The van der Waals surface area contributed by atoms with Crippen molar-refractivity contribution < 1.29 is 4.79 Å². The maximum absolute atomic E-state index is 11.6. The van der Waals surface area contributed by atoms with Crippen LogP contribution in [-0.2, 0) is 4.79 Å². The zero-order chi connectivity index (χ0) is 11.8. The van der Waals surface area contributed by atoms with Crippen molar-refractivity contribution in [2.75, 3.05) is 26.2 Å². The highest BCUT2D eigenvalue weighted by atomic mass is 16.2. The minimum Gasteiger partial charge on any atom is -0.337 e. The van der Waals surface area contributed by atoms with Gasteiger partial charge in [-0.3, -0.25) is 9.69 Å². The van der Waals surface area contributed by atoms with E-state index in [1.54, 1.807) is 6.92 Å². The number of fused-ring (bicyclic) bond motifs is 2. The van der Waals surface area contributed by atoms with Crippen molar-refractivity contribution in [2.45, 2.75) is 50.7 Å². The lowest BCUT2D eigenvalue weighted by Gasteiger charge is -2.44. The third kappa shape index (κ3) is 2.08. The number of nitrogens with one attached hydrogen (secondary N) is 1. The maximum atomic E-state index is 11.6. The van der Waals surface area contributed by atoms with E-state index in [1.165, 1.54) is 38.8 Å². The molecule has 3 rings (SSSR count). The summed E-state index contributed by atoms with van der Waals surface area (Å²) in [6.45, 7) is 6.36. The van der Waals surface area contributed by atoms with Gasteiger partial charge in [0, 0.05) is 51.2 Å². The van der Waals surface area contributed by atoms with E-state index < -0.39 is 0 Å². The Labute approximate surface area is 103 Å². The largest absolute Gasteiger partial charge is 0.337 e. The van der Waals surface area contributed by atoms with E-state index in [1.807, 2.05) is 0 Å². The highest BCUT2D eigenvalue weighted by Gasteiger charge is 2.43. The van der Waals surface area contributed by atoms with Crippen molar-refractivity contribution in [3.05, 3.63) is 0 Å². The second-order valence-electron chi connectivity index (χ2n) is 5.72. The second kappa shape index (κ2) is 4.58. The van der Waals surface area contributed by atoms with Crippen LogP contribution in [0.4, 0.5) is 0 Å². The summed E-state index contributed by atoms with van der Waals surface area (Å²) in [4.78, 5) is 16.4. The van der Waals surface area contributed by atoms with Gasteiger partial charge in [0.1, 0.15) is 0 Å². The molecular weight excluding hydrogens is 214 g/mol. The lowest BCUT2D eigenvalue weighted by molar-refractivity contribution is -0.134. The van der Waals surface area contributed by atoms with Crippen LogP contribution in [-0.4, -0.2) is 60.0 Å². The summed E-state index contributed by atoms with van der Waals surface area (Å²) in [5, 5.41) is 3.41. The second-order valence-corrected chi connectivity index (χ2v) is 5.72. The first-order valence-corrected chi connectivity index (χ1v) is 6.99. The van der Waals surface area contributed by atoms with Gasteiger partial charge in [0.2, 0.25) is 5.91 Å². The van der Waals surface area contributed by atoms with Crippen molar-refractivity contribution in [3.63, 3.8) is 0 Å². The van der Waals surface area contributed by atoms with Crippen molar-refractivity contribution >= 4 is 5.91 Å². The van der Waals surface area contributed by atoms with Gasteiger partial charge in [-0.2, -0.15) is 0 Å². The molecule has 0 aromatic heterocycles. The van der Waals surface area contributed by atoms with Crippen molar-refractivity contribution in [1.82, 2.24) is 15.1 Å². The van der Waals surface area contributed by atoms with E-state index in [9.17, 15) is 4.79 Å². The van der Waals surface area contributed by atoms with Crippen LogP contribution >= 0.6 is 0 Å². The smallest absolute Gasteiger partial charge is 0.219 e. The van der Waals surface area contributed by atoms with Gasteiger partial charge in [-0.15, -0.1) is 0 Å². The first-order valence-electron chi connectivity index (χ1n) is 6.99. The van der Waals surface area contributed by atoms with E-state index in [0.29, 0.717) is 12.1 Å². The summed E-state index contributed by atoms with van der Waals surface area (Å²) in [6.07, 6.45) is 4.87. The number of hydrogen-bond donors (Lipinski definition) is 1. The molecule has 0 aliphatic carbocycles. The number of piperazine rings is 1. The number of nitrogens with zero attached hydrogens (tertiary/aromatic N) is 2. The molecule has 2 atom stereocenters. The highest BCUT2D eigenvalue weighted by molar-refractivity contribution is 5.74. The Bertz CT molecular complexity index is 287. The van der Waals surface area contributed by atoms with Crippen LogP contribution in [0.5, 0.6) is 0 Å². The Kier molecular flexibility index (Phi) is 3.09. The van der Waals surface area contributed by atoms with Crippen LogP contribution in [0.25, 0.3) is 0 Å². The van der Waals surface area contributed by atoms with Gasteiger partial charge in [0.15, 0.2) is 0 Å². The molecule has 2 unspecified atom stereocenters. The quantitative estimate of drug-likeness (QED) is 0.718.